The average molecular weight is 394 g/mol. The van der Waals surface area contributed by atoms with E-state index in [4.69, 9.17) is 4.74 Å². The summed E-state index contributed by atoms with van der Waals surface area (Å²) in [5, 5.41) is 20.3. The Kier molecular flexibility index (Phi) is 5.81. The number of non-ortho nitro benzene ring substituents is 1. The van der Waals surface area contributed by atoms with Crippen molar-refractivity contribution in [3.8, 4) is 11.8 Å². The van der Waals surface area contributed by atoms with Gasteiger partial charge in [-0.15, -0.1) is 0 Å². The molecule has 0 fully saturated rings. The van der Waals surface area contributed by atoms with Gasteiger partial charge in [-0.1, -0.05) is 23.9 Å². The molecule has 0 spiro atoms. The van der Waals surface area contributed by atoms with Crippen molar-refractivity contribution in [2.45, 2.75) is 5.75 Å². The molecule has 2 aromatic rings. The van der Waals surface area contributed by atoms with E-state index in [1.165, 1.54) is 23.9 Å². The lowest BCUT2D eigenvalue weighted by molar-refractivity contribution is -0.384. The number of ether oxygens (including phenoxy) is 1. The van der Waals surface area contributed by atoms with Crippen molar-refractivity contribution in [1.82, 2.24) is 0 Å². The summed E-state index contributed by atoms with van der Waals surface area (Å²) >= 11 is 1.22. The highest BCUT2D eigenvalue weighted by Crippen LogP contribution is 2.24. The molecule has 8 nitrogen and oxygen atoms in total. The SMILES string of the molecule is COc1ccc(C2=NC(SCc3ccc([N+](=O)[O-])cc3)=NC(=O)C2C#N)cc1. The van der Waals surface area contributed by atoms with Crippen molar-refractivity contribution >= 4 is 34.2 Å². The molecule has 1 amide bonds. The number of thioether (sulfide) groups is 1. The summed E-state index contributed by atoms with van der Waals surface area (Å²) in [6.07, 6.45) is 0. The number of nitriles is 1. The van der Waals surface area contributed by atoms with Gasteiger partial charge in [-0.2, -0.15) is 10.3 Å². The van der Waals surface area contributed by atoms with E-state index in [2.05, 4.69) is 9.98 Å². The number of carbonyl (C=O) groups excluding carboxylic acids is 1. The third kappa shape index (κ3) is 4.24. The second-order valence-electron chi connectivity index (χ2n) is 5.73. The molecule has 3 rings (SSSR count). The van der Waals surface area contributed by atoms with Crippen LogP contribution in [-0.4, -0.2) is 28.8 Å². The Bertz CT molecular complexity index is 1010. The molecule has 140 valence electrons. The Balaban J connectivity index is 1.80. The molecular formula is C19H14N4O4S. The molecule has 9 heteroatoms. The van der Waals surface area contributed by atoms with Crippen LogP contribution in [0, 0.1) is 27.4 Å². The number of rotatable bonds is 5. The van der Waals surface area contributed by atoms with Gasteiger partial charge in [0.25, 0.3) is 11.6 Å². The molecule has 0 N–H and O–H groups in total. The summed E-state index contributed by atoms with van der Waals surface area (Å²) in [4.78, 5) is 30.8. The van der Waals surface area contributed by atoms with Crippen LogP contribution in [0.4, 0.5) is 5.69 Å². The number of carbonyl (C=O) groups is 1. The van der Waals surface area contributed by atoms with Crippen LogP contribution in [0.25, 0.3) is 0 Å². The second-order valence-corrected chi connectivity index (χ2v) is 6.68. The summed E-state index contributed by atoms with van der Waals surface area (Å²) in [5.74, 6) is -0.533. The molecule has 2 aromatic carbocycles. The summed E-state index contributed by atoms with van der Waals surface area (Å²) < 4.78 is 5.12. The average Bonchev–Trinajstić information content (AvgIpc) is 2.72. The van der Waals surface area contributed by atoms with Crippen molar-refractivity contribution in [1.29, 1.82) is 5.26 Å². The van der Waals surface area contributed by atoms with Gasteiger partial charge in [0, 0.05) is 17.9 Å². The number of benzene rings is 2. The zero-order valence-electron chi connectivity index (χ0n) is 14.7. The first-order valence-corrected chi connectivity index (χ1v) is 9.11. The number of amidine groups is 1. The third-order valence-corrected chi connectivity index (χ3v) is 4.89. The summed E-state index contributed by atoms with van der Waals surface area (Å²) in [7, 11) is 1.55. The number of nitro benzene ring substituents is 1. The van der Waals surface area contributed by atoms with Crippen LogP contribution in [0.15, 0.2) is 58.5 Å². The van der Waals surface area contributed by atoms with Crippen LogP contribution in [0.5, 0.6) is 5.75 Å². The van der Waals surface area contributed by atoms with Crippen LogP contribution in [0.3, 0.4) is 0 Å². The lowest BCUT2D eigenvalue weighted by Crippen LogP contribution is -2.27. The fourth-order valence-corrected chi connectivity index (χ4v) is 3.31. The maximum absolute atomic E-state index is 12.3. The molecule has 28 heavy (non-hydrogen) atoms. The van der Waals surface area contributed by atoms with Crippen molar-refractivity contribution in [3.05, 3.63) is 69.8 Å². The van der Waals surface area contributed by atoms with Gasteiger partial charge in [0.15, 0.2) is 11.1 Å². The molecule has 0 bridgehead atoms. The second kappa shape index (κ2) is 8.45. The standard InChI is InChI=1S/C19H14N4O4S/c1-27-15-8-4-13(5-9-15)17-16(10-20)18(24)22-19(21-17)28-11-12-2-6-14(7-3-12)23(25)26/h2-9,16H,11H2,1H3. The Hall–Kier alpha value is -3.51. The molecule has 0 saturated carbocycles. The minimum absolute atomic E-state index is 0.00982. The zero-order chi connectivity index (χ0) is 20.1. The topological polar surface area (TPSA) is 118 Å². The van der Waals surface area contributed by atoms with Gasteiger partial charge in [0.05, 0.1) is 23.8 Å². The van der Waals surface area contributed by atoms with Gasteiger partial charge < -0.3 is 4.74 Å². The molecule has 0 aromatic heterocycles. The number of hydrogen-bond donors (Lipinski definition) is 0. The van der Waals surface area contributed by atoms with Gasteiger partial charge >= 0.3 is 0 Å². The highest BCUT2D eigenvalue weighted by molar-refractivity contribution is 8.13. The van der Waals surface area contributed by atoms with Gasteiger partial charge in [-0.3, -0.25) is 14.9 Å². The first-order chi connectivity index (χ1) is 13.5. The predicted molar refractivity (Wildman–Crippen MR) is 105 cm³/mol. The van der Waals surface area contributed by atoms with E-state index in [-0.39, 0.29) is 10.9 Å². The fourth-order valence-electron chi connectivity index (χ4n) is 2.50. The lowest BCUT2D eigenvalue weighted by atomic mass is 9.96. The number of methoxy groups -OCH3 is 1. The van der Waals surface area contributed by atoms with Crippen molar-refractivity contribution in [2.75, 3.05) is 7.11 Å². The summed E-state index contributed by atoms with van der Waals surface area (Å²) in [6, 6.07) is 15.0. The predicted octanol–water partition coefficient (Wildman–Crippen LogP) is 3.36. The molecule has 1 heterocycles. The van der Waals surface area contributed by atoms with Crippen molar-refractivity contribution < 1.29 is 14.5 Å². The van der Waals surface area contributed by atoms with E-state index in [0.717, 1.165) is 5.56 Å². The number of aliphatic imine (C=N–C) groups is 2. The first kappa shape index (κ1) is 19.3. The fraction of sp³-hybridized carbons (Fsp3) is 0.158. The molecule has 0 saturated heterocycles. The quantitative estimate of drug-likeness (QED) is 0.567. The van der Waals surface area contributed by atoms with E-state index >= 15 is 0 Å². The molecule has 1 aliphatic rings. The number of nitrogens with zero attached hydrogens (tertiary/aromatic N) is 4. The first-order valence-electron chi connectivity index (χ1n) is 8.13. The maximum atomic E-state index is 12.3. The van der Waals surface area contributed by atoms with Crippen LogP contribution in [0.1, 0.15) is 11.1 Å². The highest BCUT2D eigenvalue weighted by atomic mass is 32.2. The zero-order valence-corrected chi connectivity index (χ0v) is 15.5. The van der Waals surface area contributed by atoms with Crippen molar-refractivity contribution in [3.63, 3.8) is 0 Å². The van der Waals surface area contributed by atoms with E-state index in [1.807, 2.05) is 6.07 Å². The number of amides is 1. The van der Waals surface area contributed by atoms with Crippen LogP contribution in [0.2, 0.25) is 0 Å². The lowest BCUT2D eigenvalue weighted by Gasteiger charge is -2.16. The van der Waals surface area contributed by atoms with E-state index in [1.54, 1.807) is 43.5 Å². The van der Waals surface area contributed by atoms with Gasteiger partial charge in [-0.05, 0) is 35.4 Å². The van der Waals surface area contributed by atoms with Crippen LogP contribution >= 0.6 is 11.8 Å². The van der Waals surface area contributed by atoms with Gasteiger partial charge in [-0.25, -0.2) is 4.99 Å². The van der Waals surface area contributed by atoms with E-state index in [0.29, 0.717) is 22.8 Å². The monoisotopic (exact) mass is 394 g/mol. The third-order valence-electron chi connectivity index (χ3n) is 3.97. The Morgan fingerprint density at radius 2 is 1.86 bits per heavy atom. The Morgan fingerprint density at radius 1 is 1.18 bits per heavy atom. The molecule has 0 aliphatic carbocycles. The molecule has 1 atom stereocenters. The van der Waals surface area contributed by atoms with Crippen molar-refractivity contribution in [2.24, 2.45) is 15.9 Å². The smallest absolute Gasteiger partial charge is 0.271 e. The Labute approximate surface area is 164 Å². The summed E-state index contributed by atoms with van der Waals surface area (Å²) in [5.41, 5.74) is 1.82. The van der Waals surface area contributed by atoms with E-state index < -0.39 is 16.7 Å². The summed E-state index contributed by atoms with van der Waals surface area (Å²) in [6.45, 7) is 0. The number of hydrogen-bond acceptors (Lipinski definition) is 7. The minimum atomic E-state index is -1.06. The molecular weight excluding hydrogens is 380 g/mol. The maximum Gasteiger partial charge on any atom is 0.271 e. The van der Waals surface area contributed by atoms with Gasteiger partial charge in [0.2, 0.25) is 0 Å². The van der Waals surface area contributed by atoms with Crippen LogP contribution in [-0.2, 0) is 10.5 Å². The van der Waals surface area contributed by atoms with Gasteiger partial charge in [0.1, 0.15) is 5.75 Å². The highest BCUT2D eigenvalue weighted by Gasteiger charge is 2.30. The Morgan fingerprint density at radius 3 is 2.43 bits per heavy atom. The van der Waals surface area contributed by atoms with Crippen LogP contribution < -0.4 is 4.74 Å². The normalized spacial score (nSPS) is 16.0. The largest absolute Gasteiger partial charge is 0.497 e. The molecule has 0 radical (unpaired) electrons. The molecule has 1 aliphatic heterocycles. The number of nitro groups is 1. The van der Waals surface area contributed by atoms with E-state index in [9.17, 15) is 20.2 Å². The minimum Gasteiger partial charge on any atom is -0.497 e. The molecule has 1 unspecified atom stereocenters.